The van der Waals surface area contributed by atoms with E-state index in [1.54, 1.807) is 0 Å². The van der Waals surface area contributed by atoms with Crippen LogP contribution in [0.2, 0.25) is 0 Å². The summed E-state index contributed by atoms with van der Waals surface area (Å²) in [4.78, 5) is 11.4. The summed E-state index contributed by atoms with van der Waals surface area (Å²) in [6.45, 7) is 2.74. The SMILES string of the molecule is CC(C1CCCO1)n1c(=O)[nH][nH]c1=S. The topological polar surface area (TPSA) is 62.8 Å². The number of rotatable bonds is 2. The normalized spacial score (nSPS) is 23.9. The van der Waals surface area contributed by atoms with Crippen LogP contribution in [-0.4, -0.2) is 27.5 Å². The zero-order valence-corrected chi connectivity index (χ0v) is 8.76. The minimum absolute atomic E-state index is 0.000000000000000222. The molecule has 1 saturated heterocycles. The molecule has 0 bridgehead atoms. The molecule has 0 amide bonds. The highest BCUT2D eigenvalue weighted by Gasteiger charge is 2.25. The molecule has 2 rings (SSSR count). The summed E-state index contributed by atoms with van der Waals surface area (Å²) in [5.74, 6) is 0. The lowest BCUT2D eigenvalue weighted by atomic mass is 10.1. The average molecular weight is 215 g/mol. The first kappa shape index (κ1) is 9.67. The molecule has 2 N–H and O–H groups in total. The van der Waals surface area contributed by atoms with Crippen molar-refractivity contribution in [1.29, 1.82) is 0 Å². The Labute approximate surface area is 86.1 Å². The van der Waals surface area contributed by atoms with Crippen molar-refractivity contribution in [2.45, 2.75) is 31.9 Å². The van der Waals surface area contributed by atoms with Gasteiger partial charge in [-0.05, 0) is 32.0 Å². The molecule has 0 saturated carbocycles. The third kappa shape index (κ3) is 1.55. The van der Waals surface area contributed by atoms with Gasteiger partial charge in [-0.25, -0.2) is 9.89 Å². The number of H-pyrrole nitrogens is 2. The second-order valence-electron chi connectivity index (χ2n) is 3.52. The van der Waals surface area contributed by atoms with Crippen LogP contribution in [0, 0.1) is 4.77 Å². The van der Waals surface area contributed by atoms with Gasteiger partial charge in [-0.2, -0.15) is 0 Å². The lowest BCUT2D eigenvalue weighted by Crippen LogP contribution is -2.28. The number of nitrogens with zero attached hydrogens (tertiary/aromatic N) is 1. The van der Waals surface area contributed by atoms with E-state index in [4.69, 9.17) is 17.0 Å². The lowest BCUT2D eigenvalue weighted by Gasteiger charge is -2.18. The molecule has 78 valence electrons. The van der Waals surface area contributed by atoms with Gasteiger partial charge >= 0.3 is 5.69 Å². The Kier molecular flexibility index (Phi) is 2.56. The molecular weight excluding hydrogens is 202 g/mol. The van der Waals surface area contributed by atoms with Crippen molar-refractivity contribution in [1.82, 2.24) is 14.8 Å². The van der Waals surface area contributed by atoms with Gasteiger partial charge in [-0.1, -0.05) is 0 Å². The van der Waals surface area contributed by atoms with Crippen LogP contribution < -0.4 is 5.69 Å². The van der Waals surface area contributed by atoms with Crippen LogP contribution in [0.3, 0.4) is 0 Å². The number of aromatic amines is 2. The molecule has 14 heavy (non-hydrogen) atoms. The molecule has 6 heteroatoms. The first-order chi connectivity index (χ1) is 6.70. The maximum atomic E-state index is 11.4. The zero-order chi connectivity index (χ0) is 10.1. The van der Waals surface area contributed by atoms with E-state index in [1.807, 2.05) is 6.92 Å². The summed E-state index contributed by atoms with van der Waals surface area (Å²) in [6, 6.07) is -0.000000000000000222. The van der Waals surface area contributed by atoms with E-state index in [2.05, 4.69) is 10.2 Å². The summed E-state index contributed by atoms with van der Waals surface area (Å²) in [5, 5.41) is 5.09. The van der Waals surface area contributed by atoms with Crippen molar-refractivity contribution in [2.24, 2.45) is 0 Å². The molecule has 0 aliphatic carbocycles. The van der Waals surface area contributed by atoms with Gasteiger partial charge in [0, 0.05) is 6.61 Å². The van der Waals surface area contributed by atoms with E-state index >= 15 is 0 Å². The number of ether oxygens (including phenoxy) is 1. The third-order valence-corrected chi connectivity index (χ3v) is 2.92. The molecule has 0 spiro atoms. The molecule has 1 aliphatic rings. The molecule has 2 unspecified atom stereocenters. The smallest absolute Gasteiger partial charge is 0.342 e. The van der Waals surface area contributed by atoms with Crippen LogP contribution in [0.25, 0.3) is 0 Å². The van der Waals surface area contributed by atoms with Crippen molar-refractivity contribution in [3.63, 3.8) is 0 Å². The highest BCUT2D eigenvalue weighted by Crippen LogP contribution is 2.22. The van der Waals surface area contributed by atoms with Crippen molar-refractivity contribution < 1.29 is 4.74 Å². The van der Waals surface area contributed by atoms with Gasteiger partial charge in [0.05, 0.1) is 12.1 Å². The highest BCUT2D eigenvalue weighted by molar-refractivity contribution is 7.71. The maximum absolute atomic E-state index is 11.4. The van der Waals surface area contributed by atoms with Crippen molar-refractivity contribution >= 4 is 12.2 Å². The second-order valence-corrected chi connectivity index (χ2v) is 3.91. The van der Waals surface area contributed by atoms with E-state index in [-0.39, 0.29) is 17.8 Å². The molecular formula is C8H13N3O2S. The molecule has 1 fully saturated rings. The Morgan fingerprint density at radius 1 is 1.64 bits per heavy atom. The van der Waals surface area contributed by atoms with Gasteiger partial charge in [0.2, 0.25) is 0 Å². The number of hydrogen-bond donors (Lipinski definition) is 2. The van der Waals surface area contributed by atoms with Gasteiger partial charge in [-0.15, -0.1) is 0 Å². The summed E-state index contributed by atoms with van der Waals surface area (Å²) in [5.41, 5.74) is -0.196. The van der Waals surface area contributed by atoms with Gasteiger partial charge in [-0.3, -0.25) is 9.67 Å². The second kappa shape index (κ2) is 3.70. The number of aromatic nitrogens is 3. The van der Waals surface area contributed by atoms with Gasteiger partial charge in [0.1, 0.15) is 0 Å². The lowest BCUT2D eigenvalue weighted by molar-refractivity contribution is 0.0717. The Hall–Kier alpha value is -0.880. The predicted octanol–water partition coefficient (Wildman–Crippen LogP) is 0.974. The zero-order valence-electron chi connectivity index (χ0n) is 7.95. The van der Waals surface area contributed by atoms with Gasteiger partial charge in [0.25, 0.3) is 0 Å². The van der Waals surface area contributed by atoms with E-state index in [9.17, 15) is 4.79 Å². The van der Waals surface area contributed by atoms with E-state index in [0.717, 1.165) is 19.4 Å². The Morgan fingerprint density at radius 2 is 2.43 bits per heavy atom. The fourth-order valence-corrected chi connectivity index (χ4v) is 2.14. The summed E-state index contributed by atoms with van der Waals surface area (Å²) in [7, 11) is 0. The summed E-state index contributed by atoms with van der Waals surface area (Å²) >= 11 is 5.01. The molecule has 1 aromatic rings. The van der Waals surface area contributed by atoms with Gasteiger partial charge < -0.3 is 4.74 Å². The van der Waals surface area contributed by atoms with Crippen LogP contribution in [0.5, 0.6) is 0 Å². The minimum Gasteiger partial charge on any atom is -0.376 e. The first-order valence-corrected chi connectivity index (χ1v) is 5.12. The molecule has 1 aliphatic heterocycles. The van der Waals surface area contributed by atoms with Crippen LogP contribution >= 0.6 is 12.2 Å². The fraction of sp³-hybridized carbons (Fsp3) is 0.750. The predicted molar refractivity (Wildman–Crippen MR) is 53.9 cm³/mol. The van der Waals surface area contributed by atoms with Crippen LogP contribution in [0.4, 0.5) is 0 Å². The van der Waals surface area contributed by atoms with E-state index in [1.165, 1.54) is 4.57 Å². The van der Waals surface area contributed by atoms with Crippen LogP contribution in [0.15, 0.2) is 4.79 Å². The maximum Gasteiger partial charge on any atom is 0.342 e. The van der Waals surface area contributed by atoms with Crippen molar-refractivity contribution in [3.8, 4) is 0 Å². The van der Waals surface area contributed by atoms with E-state index < -0.39 is 0 Å². The summed E-state index contributed by atoms with van der Waals surface area (Å²) in [6.07, 6.45) is 2.16. The highest BCUT2D eigenvalue weighted by atomic mass is 32.1. The molecule has 5 nitrogen and oxygen atoms in total. The fourth-order valence-electron chi connectivity index (χ4n) is 1.84. The van der Waals surface area contributed by atoms with Crippen LogP contribution in [-0.2, 0) is 4.74 Å². The Balaban J connectivity index is 2.30. The quantitative estimate of drug-likeness (QED) is 0.723. The first-order valence-electron chi connectivity index (χ1n) is 4.71. The monoisotopic (exact) mass is 215 g/mol. The van der Waals surface area contributed by atoms with Crippen molar-refractivity contribution in [3.05, 3.63) is 15.3 Å². The third-order valence-electron chi connectivity index (χ3n) is 2.62. The average Bonchev–Trinajstić information content (AvgIpc) is 2.75. The summed E-state index contributed by atoms with van der Waals surface area (Å²) < 4.78 is 7.48. The van der Waals surface area contributed by atoms with Crippen LogP contribution in [0.1, 0.15) is 25.8 Å². The Bertz CT molecular complexity index is 385. The van der Waals surface area contributed by atoms with Crippen molar-refractivity contribution in [2.75, 3.05) is 6.61 Å². The molecule has 2 heterocycles. The van der Waals surface area contributed by atoms with E-state index in [0.29, 0.717) is 4.77 Å². The molecule has 0 radical (unpaired) electrons. The molecule has 1 aromatic heterocycles. The minimum atomic E-state index is -0.196. The number of hydrogen-bond acceptors (Lipinski definition) is 3. The Morgan fingerprint density at radius 3 is 2.93 bits per heavy atom. The molecule has 0 aromatic carbocycles. The van der Waals surface area contributed by atoms with Gasteiger partial charge in [0.15, 0.2) is 4.77 Å². The number of nitrogens with one attached hydrogen (secondary N) is 2. The largest absolute Gasteiger partial charge is 0.376 e. The standard InChI is InChI=1S/C8H13N3O2S/c1-5(6-3-2-4-13-6)11-7(12)9-10-8(11)14/h5-6H,2-4H2,1H3,(H,9,12)(H,10,14). The molecule has 2 atom stereocenters.